The Balaban J connectivity index is 2.18. The summed E-state index contributed by atoms with van der Waals surface area (Å²) in [6.07, 6.45) is -3.62. The van der Waals surface area contributed by atoms with E-state index in [-0.39, 0.29) is 37.2 Å². The van der Waals surface area contributed by atoms with E-state index in [0.717, 1.165) is 0 Å². The number of aliphatic hydroxyl groups excluding tert-OH is 2. The molecule has 13 heteroatoms. The molecule has 0 aliphatic carbocycles. The van der Waals surface area contributed by atoms with Crippen molar-refractivity contribution in [1.82, 2.24) is 9.88 Å². The van der Waals surface area contributed by atoms with E-state index in [1.807, 2.05) is 25.8 Å². The zero-order chi connectivity index (χ0) is 38.4. The molecule has 2 aliphatic heterocycles. The number of rotatable bonds is 9. The number of methoxy groups -OCH3 is 1. The number of pyridine rings is 1. The minimum Gasteiger partial charge on any atom is -0.461 e. The topological polar surface area (TPSA) is 174 Å². The Morgan fingerprint density at radius 3 is 2.33 bits per heavy atom. The lowest BCUT2D eigenvalue weighted by molar-refractivity contribution is -0.302. The zero-order valence-corrected chi connectivity index (χ0v) is 32.3. The van der Waals surface area contributed by atoms with Crippen molar-refractivity contribution in [2.45, 2.75) is 148 Å². The lowest BCUT2D eigenvalue weighted by Crippen LogP contribution is -2.61. The van der Waals surface area contributed by atoms with E-state index in [9.17, 15) is 29.7 Å². The summed E-state index contributed by atoms with van der Waals surface area (Å²) in [5, 5.41) is 34.5. The summed E-state index contributed by atoms with van der Waals surface area (Å²) < 4.78 is 31.2. The van der Waals surface area contributed by atoms with Crippen LogP contribution < -0.4 is 0 Å². The highest BCUT2D eigenvalue weighted by molar-refractivity contribution is 5.83. The van der Waals surface area contributed by atoms with Crippen LogP contribution in [0.1, 0.15) is 87.1 Å². The van der Waals surface area contributed by atoms with Crippen molar-refractivity contribution < 1.29 is 53.4 Å². The van der Waals surface area contributed by atoms with Crippen molar-refractivity contribution in [2.75, 3.05) is 20.7 Å². The summed E-state index contributed by atoms with van der Waals surface area (Å²) in [5.41, 5.74) is -2.66. The van der Waals surface area contributed by atoms with Crippen LogP contribution in [0, 0.1) is 23.7 Å². The Kier molecular flexibility index (Phi) is 15.1. The predicted molar refractivity (Wildman–Crippen MR) is 188 cm³/mol. The van der Waals surface area contributed by atoms with Gasteiger partial charge in [0.05, 0.1) is 36.3 Å². The molecule has 3 N–H and O–H groups in total. The smallest absolute Gasteiger partial charge is 0.312 e. The molecule has 0 unspecified atom stereocenters. The molecule has 1 aromatic heterocycles. The molecule has 0 aromatic carbocycles. The largest absolute Gasteiger partial charge is 0.461 e. The van der Waals surface area contributed by atoms with E-state index in [1.165, 1.54) is 21.0 Å². The van der Waals surface area contributed by atoms with Crippen molar-refractivity contribution in [3.05, 3.63) is 30.1 Å². The number of ketones is 1. The highest BCUT2D eigenvalue weighted by Crippen LogP contribution is 2.40. The minimum atomic E-state index is -1.98. The number of esters is 2. The van der Waals surface area contributed by atoms with Gasteiger partial charge < -0.3 is 43.9 Å². The van der Waals surface area contributed by atoms with Crippen LogP contribution in [0.25, 0.3) is 0 Å². The second-order valence-corrected chi connectivity index (χ2v) is 15.2. The van der Waals surface area contributed by atoms with Gasteiger partial charge in [-0.3, -0.25) is 19.4 Å². The predicted octanol–water partition coefficient (Wildman–Crippen LogP) is 3.09. The Hall–Kier alpha value is -2.52. The van der Waals surface area contributed by atoms with Gasteiger partial charge in [-0.25, -0.2) is 0 Å². The highest BCUT2D eigenvalue weighted by Gasteiger charge is 2.53. The maximum Gasteiger partial charge on any atom is 0.312 e. The lowest BCUT2D eigenvalue weighted by Gasteiger charge is -2.48. The van der Waals surface area contributed by atoms with Crippen LogP contribution in [0.3, 0.4) is 0 Å². The molecule has 0 spiro atoms. The number of Topliss-reactive ketones (excluding diaryl/α,β-unsaturated/α-hetero) is 1. The Labute approximate surface area is 303 Å². The molecule has 1 aromatic rings. The molecule has 0 amide bonds. The number of hydrogen-bond donors (Lipinski definition) is 3. The SMILES string of the molecule is CC[C@H]1OC(=O)[C@H](C)[C@@H](OC(=O)Cc2cccnc2)[C@H](C)[C@@H](O[C@@H]2O[C@H](C)C[C@H](N(C)CC)[C@H]2O)[C@](C)(OC)C[C@@H](C)C(=O)[C@H](C)[C@@H](O)[C@]1(C)O. The van der Waals surface area contributed by atoms with E-state index in [2.05, 4.69) is 4.98 Å². The number of aliphatic hydroxyl groups is 3. The summed E-state index contributed by atoms with van der Waals surface area (Å²) in [5.74, 6) is -5.39. The van der Waals surface area contributed by atoms with Gasteiger partial charge in [-0.05, 0) is 72.2 Å². The van der Waals surface area contributed by atoms with Crippen molar-refractivity contribution >= 4 is 17.7 Å². The number of aromatic nitrogens is 1. The summed E-state index contributed by atoms with van der Waals surface area (Å²) in [6.45, 7) is 16.0. The second-order valence-electron chi connectivity index (χ2n) is 15.2. The first-order valence-corrected chi connectivity index (χ1v) is 18.3. The number of nitrogens with zero attached hydrogens (tertiary/aromatic N) is 2. The molecule has 2 aliphatic rings. The number of carbonyl (C=O) groups excluding carboxylic acids is 3. The van der Waals surface area contributed by atoms with Crippen molar-refractivity contribution in [1.29, 1.82) is 0 Å². The number of ether oxygens (including phenoxy) is 5. The molecule has 0 radical (unpaired) electrons. The molecule has 290 valence electrons. The average molecular weight is 723 g/mol. The maximum atomic E-state index is 14.0. The van der Waals surface area contributed by atoms with E-state index < -0.39 is 83.6 Å². The first kappa shape index (κ1) is 42.9. The quantitative estimate of drug-likeness (QED) is 0.318. The van der Waals surface area contributed by atoms with Crippen molar-refractivity contribution in [2.24, 2.45) is 23.7 Å². The summed E-state index contributed by atoms with van der Waals surface area (Å²) in [6, 6.07) is 3.16. The first-order chi connectivity index (χ1) is 23.8. The average Bonchev–Trinajstić information content (AvgIpc) is 3.10. The summed E-state index contributed by atoms with van der Waals surface area (Å²) in [4.78, 5) is 47.6. The number of hydrogen-bond acceptors (Lipinski definition) is 13. The molecule has 13 nitrogen and oxygen atoms in total. The lowest BCUT2D eigenvalue weighted by atomic mass is 9.74. The standard InChI is InChI=1S/C38H62N2O11/c1-12-28-38(9,46)33(44)23(5)30(42)21(3)19-37(8,47-11)34(51-36-31(43)27(40(10)13-2)17-22(4)48-36)24(6)32(25(7)35(45)49-28)50-29(41)18-26-15-14-16-39-20-26/h14-16,20-25,27-28,31-34,36,43-44,46H,12-13,17-19H2,1-11H3/t21-,22-,23+,24+,25-,27+,28-,31-,32+,33-,34-,36+,37-,38-/m1/s1. The third kappa shape index (κ3) is 9.92. The summed E-state index contributed by atoms with van der Waals surface area (Å²) >= 11 is 0. The van der Waals surface area contributed by atoms with Crippen LogP contribution in [0.2, 0.25) is 0 Å². The molecule has 14 atom stereocenters. The highest BCUT2D eigenvalue weighted by atomic mass is 16.7. The first-order valence-electron chi connectivity index (χ1n) is 18.3. The van der Waals surface area contributed by atoms with Gasteiger partial charge in [0.25, 0.3) is 0 Å². The van der Waals surface area contributed by atoms with Gasteiger partial charge >= 0.3 is 11.9 Å². The maximum absolute atomic E-state index is 14.0. The van der Waals surface area contributed by atoms with E-state index in [1.54, 1.807) is 59.1 Å². The van der Waals surface area contributed by atoms with Gasteiger partial charge in [0.15, 0.2) is 6.29 Å². The molecule has 3 heterocycles. The Morgan fingerprint density at radius 2 is 1.76 bits per heavy atom. The zero-order valence-electron chi connectivity index (χ0n) is 32.3. The number of cyclic esters (lactones) is 1. The van der Waals surface area contributed by atoms with Crippen LogP contribution >= 0.6 is 0 Å². The van der Waals surface area contributed by atoms with Gasteiger partial charge in [-0.1, -0.05) is 40.7 Å². The summed E-state index contributed by atoms with van der Waals surface area (Å²) in [7, 11) is 3.40. The van der Waals surface area contributed by atoms with Gasteiger partial charge in [-0.15, -0.1) is 0 Å². The minimum absolute atomic E-state index is 0.0829. The third-order valence-corrected chi connectivity index (χ3v) is 11.2. The van der Waals surface area contributed by atoms with E-state index in [0.29, 0.717) is 18.5 Å². The molecule has 51 heavy (non-hydrogen) atoms. The molecule has 3 rings (SSSR count). The number of likely N-dealkylation sites (N-methyl/N-ethyl adjacent to an activating group) is 1. The van der Waals surface area contributed by atoms with E-state index >= 15 is 0 Å². The van der Waals surface area contributed by atoms with Crippen LogP contribution in [-0.2, 0) is 44.5 Å². The van der Waals surface area contributed by atoms with Gasteiger partial charge in [0.2, 0.25) is 0 Å². The van der Waals surface area contributed by atoms with Crippen LogP contribution in [0.15, 0.2) is 24.5 Å². The molecular weight excluding hydrogens is 660 g/mol. The Morgan fingerprint density at radius 1 is 1.10 bits per heavy atom. The normalized spacial score (nSPS) is 40.4. The van der Waals surface area contributed by atoms with Gasteiger partial charge in [0, 0.05) is 43.3 Å². The van der Waals surface area contributed by atoms with Crippen LogP contribution in [0.5, 0.6) is 0 Å². The van der Waals surface area contributed by atoms with Crippen molar-refractivity contribution in [3.8, 4) is 0 Å². The molecule has 2 fully saturated rings. The van der Waals surface area contributed by atoms with E-state index in [4.69, 9.17) is 23.7 Å². The third-order valence-electron chi connectivity index (χ3n) is 11.2. The Bertz CT molecular complexity index is 1300. The van der Waals surface area contributed by atoms with Crippen molar-refractivity contribution in [3.63, 3.8) is 0 Å². The molecule has 0 bridgehead atoms. The fourth-order valence-corrected chi connectivity index (χ4v) is 7.80. The fourth-order valence-electron chi connectivity index (χ4n) is 7.80. The monoisotopic (exact) mass is 722 g/mol. The van der Waals surface area contributed by atoms with Crippen LogP contribution in [-0.4, -0.2) is 124 Å². The van der Waals surface area contributed by atoms with Gasteiger partial charge in [0.1, 0.15) is 29.7 Å². The van der Waals surface area contributed by atoms with Crippen LogP contribution in [0.4, 0.5) is 0 Å². The molecule has 0 saturated carbocycles. The fraction of sp³-hybridized carbons (Fsp3) is 0.789. The second kappa shape index (κ2) is 18.0. The molecule has 2 saturated heterocycles. The molecular formula is C38H62N2O11. The number of carbonyl (C=O) groups is 3. The van der Waals surface area contributed by atoms with Gasteiger partial charge in [-0.2, -0.15) is 0 Å².